The first kappa shape index (κ1) is 17.5. The van der Waals surface area contributed by atoms with Crippen LogP contribution in [-0.4, -0.2) is 26.8 Å². The molecule has 6 nitrogen and oxygen atoms in total. The molecule has 0 saturated heterocycles. The topological polar surface area (TPSA) is 82.8 Å². The van der Waals surface area contributed by atoms with Crippen LogP contribution in [0.2, 0.25) is 0 Å². The van der Waals surface area contributed by atoms with Crippen molar-refractivity contribution >= 4 is 23.0 Å². The van der Waals surface area contributed by atoms with E-state index in [1.807, 2.05) is 6.92 Å². The van der Waals surface area contributed by atoms with Crippen LogP contribution >= 0.6 is 0 Å². The Morgan fingerprint density at radius 2 is 1.88 bits per heavy atom. The molecule has 0 atom stereocenters. The number of hydrogen-bond donors (Lipinski definition) is 2. The molecule has 0 radical (unpaired) electrons. The maximum Gasteiger partial charge on any atom is 0.340 e. The molecule has 0 aliphatic carbocycles. The average Bonchev–Trinajstić information content (AvgIpc) is 2.60. The van der Waals surface area contributed by atoms with Crippen molar-refractivity contribution < 1.29 is 19.0 Å². The Kier molecular flexibility index (Phi) is 5.89. The monoisotopic (exact) mass is 330 g/mol. The van der Waals surface area contributed by atoms with Gasteiger partial charge in [0.2, 0.25) is 0 Å². The summed E-state index contributed by atoms with van der Waals surface area (Å²) < 4.78 is 15.8. The van der Waals surface area contributed by atoms with Crippen LogP contribution in [-0.2, 0) is 4.74 Å². The Balaban J connectivity index is 2.37. The van der Waals surface area contributed by atoms with Crippen LogP contribution in [0.4, 0.5) is 17.1 Å². The normalized spacial score (nSPS) is 10.1. The second-order valence-electron chi connectivity index (χ2n) is 5.13. The van der Waals surface area contributed by atoms with Gasteiger partial charge in [0.15, 0.2) is 0 Å². The number of nitrogens with two attached hydrogens (primary N) is 1. The van der Waals surface area contributed by atoms with E-state index in [9.17, 15) is 4.79 Å². The van der Waals surface area contributed by atoms with Gasteiger partial charge in [0.05, 0.1) is 37.8 Å². The number of carbonyl (C=O) groups excluding carboxylic acids is 1. The van der Waals surface area contributed by atoms with E-state index >= 15 is 0 Å². The van der Waals surface area contributed by atoms with Gasteiger partial charge in [0, 0.05) is 11.8 Å². The minimum Gasteiger partial charge on any atom is -0.497 e. The van der Waals surface area contributed by atoms with Crippen molar-refractivity contribution in [2.75, 3.05) is 31.9 Å². The summed E-state index contributed by atoms with van der Waals surface area (Å²) in [6.45, 7) is 2.29. The van der Waals surface area contributed by atoms with Gasteiger partial charge in [-0.25, -0.2) is 4.79 Å². The Morgan fingerprint density at radius 1 is 1.08 bits per heavy atom. The number of hydrogen-bond acceptors (Lipinski definition) is 6. The fraction of sp³-hybridized carbons (Fsp3) is 0.278. The van der Waals surface area contributed by atoms with Crippen molar-refractivity contribution in [1.82, 2.24) is 0 Å². The lowest BCUT2D eigenvalue weighted by atomic mass is 10.1. The highest BCUT2D eigenvalue weighted by atomic mass is 16.5. The SMILES string of the molecule is CCCOC(=O)c1cc(N)ccc1Nc1cc(OC)ccc1OC. The summed E-state index contributed by atoms with van der Waals surface area (Å²) in [5.74, 6) is 0.873. The van der Waals surface area contributed by atoms with Crippen LogP contribution in [0.1, 0.15) is 23.7 Å². The molecule has 0 spiro atoms. The van der Waals surface area contributed by atoms with E-state index in [0.717, 1.165) is 6.42 Å². The molecular weight excluding hydrogens is 308 g/mol. The lowest BCUT2D eigenvalue weighted by molar-refractivity contribution is 0.0506. The number of anilines is 3. The summed E-state index contributed by atoms with van der Waals surface area (Å²) >= 11 is 0. The van der Waals surface area contributed by atoms with Crippen LogP contribution in [0.15, 0.2) is 36.4 Å². The molecule has 24 heavy (non-hydrogen) atoms. The number of rotatable bonds is 7. The van der Waals surface area contributed by atoms with Gasteiger partial charge in [-0.15, -0.1) is 0 Å². The van der Waals surface area contributed by atoms with Crippen LogP contribution in [0.3, 0.4) is 0 Å². The minimum atomic E-state index is -0.423. The highest BCUT2D eigenvalue weighted by Crippen LogP contribution is 2.33. The number of carbonyl (C=O) groups is 1. The molecule has 6 heteroatoms. The first-order chi connectivity index (χ1) is 11.6. The zero-order valence-electron chi connectivity index (χ0n) is 14.1. The molecule has 0 aliphatic heterocycles. The molecule has 0 aliphatic rings. The van der Waals surface area contributed by atoms with E-state index in [-0.39, 0.29) is 0 Å². The quantitative estimate of drug-likeness (QED) is 0.596. The molecule has 2 rings (SSSR count). The zero-order valence-corrected chi connectivity index (χ0v) is 14.1. The van der Waals surface area contributed by atoms with E-state index in [1.54, 1.807) is 50.6 Å². The second-order valence-corrected chi connectivity index (χ2v) is 5.13. The van der Waals surface area contributed by atoms with Gasteiger partial charge in [-0.1, -0.05) is 6.92 Å². The number of benzene rings is 2. The van der Waals surface area contributed by atoms with Gasteiger partial charge in [-0.2, -0.15) is 0 Å². The Hall–Kier alpha value is -2.89. The Bertz CT molecular complexity index is 716. The third kappa shape index (κ3) is 4.10. The van der Waals surface area contributed by atoms with Crippen molar-refractivity contribution in [2.24, 2.45) is 0 Å². The van der Waals surface area contributed by atoms with Crippen LogP contribution in [0, 0.1) is 0 Å². The fourth-order valence-electron chi connectivity index (χ4n) is 2.17. The molecule has 3 N–H and O–H groups in total. The van der Waals surface area contributed by atoms with Crippen molar-refractivity contribution in [2.45, 2.75) is 13.3 Å². The average molecular weight is 330 g/mol. The largest absolute Gasteiger partial charge is 0.497 e. The number of nitrogen functional groups attached to an aromatic ring is 1. The molecule has 0 aromatic heterocycles. The molecular formula is C18H22N2O4. The zero-order chi connectivity index (χ0) is 17.5. The van der Waals surface area contributed by atoms with E-state index in [2.05, 4.69) is 5.32 Å². The standard InChI is InChI=1S/C18H22N2O4/c1-4-9-24-18(21)14-10-12(19)5-7-15(14)20-16-11-13(22-2)6-8-17(16)23-3/h5-8,10-11,20H,4,9,19H2,1-3H3. The van der Waals surface area contributed by atoms with Crippen LogP contribution in [0.5, 0.6) is 11.5 Å². The second kappa shape index (κ2) is 8.10. The summed E-state index contributed by atoms with van der Waals surface area (Å²) in [5, 5.41) is 3.19. The van der Waals surface area contributed by atoms with Crippen molar-refractivity contribution in [3.63, 3.8) is 0 Å². The lowest BCUT2D eigenvalue weighted by Gasteiger charge is -2.15. The summed E-state index contributed by atoms with van der Waals surface area (Å²) in [5.41, 5.74) is 7.92. The minimum absolute atomic E-state index is 0.357. The van der Waals surface area contributed by atoms with E-state index in [0.29, 0.717) is 40.7 Å². The van der Waals surface area contributed by atoms with E-state index in [4.69, 9.17) is 19.9 Å². The highest BCUT2D eigenvalue weighted by molar-refractivity contribution is 5.97. The smallest absolute Gasteiger partial charge is 0.340 e. The maximum atomic E-state index is 12.3. The summed E-state index contributed by atoms with van der Waals surface area (Å²) in [6, 6.07) is 10.4. The summed E-state index contributed by atoms with van der Waals surface area (Å²) in [7, 11) is 3.16. The van der Waals surface area contributed by atoms with Crippen molar-refractivity contribution in [3.05, 3.63) is 42.0 Å². The molecule has 128 valence electrons. The van der Waals surface area contributed by atoms with Crippen molar-refractivity contribution in [1.29, 1.82) is 0 Å². The van der Waals surface area contributed by atoms with Gasteiger partial charge in [-0.05, 0) is 36.8 Å². The lowest BCUT2D eigenvalue weighted by Crippen LogP contribution is -2.10. The number of ether oxygens (including phenoxy) is 3. The molecule has 0 fully saturated rings. The highest BCUT2D eigenvalue weighted by Gasteiger charge is 2.15. The van der Waals surface area contributed by atoms with E-state index < -0.39 is 5.97 Å². The molecule has 0 heterocycles. The fourth-order valence-corrected chi connectivity index (χ4v) is 2.17. The maximum absolute atomic E-state index is 12.3. The third-order valence-corrected chi connectivity index (χ3v) is 3.38. The predicted octanol–water partition coefficient (Wildman–Crippen LogP) is 3.60. The van der Waals surface area contributed by atoms with Crippen molar-refractivity contribution in [3.8, 4) is 11.5 Å². The van der Waals surface area contributed by atoms with Crippen LogP contribution in [0.25, 0.3) is 0 Å². The third-order valence-electron chi connectivity index (χ3n) is 3.38. The number of nitrogens with one attached hydrogen (secondary N) is 1. The molecule has 0 saturated carbocycles. The molecule has 0 amide bonds. The van der Waals surface area contributed by atoms with Gasteiger partial charge in [-0.3, -0.25) is 0 Å². The number of methoxy groups -OCH3 is 2. The first-order valence-corrected chi connectivity index (χ1v) is 7.64. The van der Waals surface area contributed by atoms with E-state index in [1.165, 1.54) is 0 Å². The van der Waals surface area contributed by atoms with Gasteiger partial charge in [0.25, 0.3) is 0 Å². The first-order valence-electron chi connectivity index (χ1n) is 7.64. The number of esters is 1. The van der Waals surface area contributed by atoms with Gasteiger partial charge < -0.3 is 25.3 Å². The van der Waals surface area contributed by atoms with Crippen LogP contribution < -0.4 is 20.5 Å². The predicted molar refractivity (Wildman–Crippen MR) is 94.3 cm³/mol. The Morgan fingerprint density at radius 3 is 2.54 bits per heavy atom. The summed E-state index contributed by atoms with van der Waals surface area (Å²) in [6.07, 6.45) is 0.751. The molecule has 0 bridgehead atoms. The Labute approximate surface area is 141 Å². The van der Waals surface area contributed by atoms with Gasteiger partial charge in [0.1, 0.15) is 11.5 Å². The summed E-state index contributed by atoms with van der Waals surface area (Å²) in [4.78, 5) is 12.3. The molecule has 2 aromatic rings. The molecule has 2 aromatic carbocycles. The van der Waals surface area contributed by atoms with Gasteiger partial charge >= 0.3 is 5.97 Å². The molecule has 0 unspecified atom stereocenters.